The van der Waals surface area contributed by atoms with Crippen molar-refractivity contribution in [3.63, 3.8) is 0 Å². The van der Waals surface area contributed by atoms with E-state index in [4.69, 9.17) is 5.73 Å². The molecule has 1 aliphatic rings. The number of nitrogens with two attached hydrogens (primary N) is 1. The van der Waals surface area contributed by atoms with Crippen LogP contribution in [0.1, 0.15) is 22.7 Å². The molecular weight excluding hydrogens is 477 g/mol. The molecule has 1 fully saturated rings. The van der Waals surface area contributed by atoms with Gasteiger partial charge in [-0.3, -0.25) is 4.90 Å². The highest BCUT2D eigenvalue weighted by Gasteiger charge is 2.31. The predicted molar refractivity (Wildman–Crippen MR) is 140 cm³/mol. The van der Waals surface area contributed by atoms with Gasteiger partial charge in [-0.2, -0.15) is 13.2 Å². The van der Waals surface area contributed by atoms with Gasteiger partial charge in [0.05, 0.1) is 11.6 Å². The van der Waals surface area contributed by atoms with E-state index in [0.717, 1.165) is 25.2 Å². The third-order valence-electron chi connectivity index (χ3n) is 6.53. The molecule has 1 aliphatic heterocycles. The minimum absolute atomic E-state index is 0.130. The topological polar surface area (TPSA) is 70.3 Å². The first-order valence-electron chi connectivity index (χ1n) is 12.0. The lowest BCUT2D eigenvalue weighted by atomic mass is 9.96. The Labute approximate surface area is 213 Å². The molecule has 0 radical (unpaired) electrons. The lowest BCUT2D eigenvalue weighted by Gasteiger charge is -2.40. The summed E-state index contributed by atoms with van der Waals surface area (Å²) in [5, 5.41) is 2.92. The van der Waals surface area contributed by atoms with Gasteiger partial charge in [-0.1, -0.05) is 66.7 Å². The van der Waals surface area contributed by atoms with Gasteiger partial charge in [-0.05, 0) is 29.3 Å². The van der Waals surface area contributed by atoms with Crippen molar-refractivity contribution in [2.75, 3.05) is 42.1 Å². The number of rotatable bonds is 6. The zero-order valence-corrected chi connectivity index (χ0v) is 20.1. The maximum atomic E-state index is 13.1. The highest BCUT2D eigenvalue weighted by Crippen LogP contribution is 2.34. The summed E-state index contributed by atoms with van der Waals surface area (Å²) in [6.45, 7) is 2.96. The van der Waals surface area contributed by atoms with Crippen molar-refractivity contribution in [3.05, 3.63) is 108 Å². The Morgan fingerprint density at radius 1 is 0.784 bits per heavy atom. The molecule has 4 aromatic rings. The molecule has 0 spiro atoms. The van der Waals surface area contributed by atoms with Gasteiger partial charge in [0.1, 0.15) is 12.0 Å². The second-order valence-corrected chi connectivity index (χ2v) is 8.91. The Hall–Kier alpha value is -4.11. The van der Waals surface area contributed by atoms with Gasteiger partial charge in [0.25, 0.3) is 0 Å². The molecule has 6 nitrogen and oxygen atoms in total. The molecule has 0 aliphatic carbocycles. The van der Waals surface area contributed by atoms with Crippen LogP contribution in [0.5, 0.6) is 0 Å². The van der Waals surface area contributed by atoms with Crippen LogP contribution >= 0.6 is 0 Å². The summed E-state index contributed by atoms with van der Waals surface area (Å²) in [5.74, 6) is 0.846. The van der Waals surface area contributed by atoms with Crippen molar-refractivity contribution in [2.45, 2.75) is 12.2 Å². The highest BCUT2D eigenvalue weighted by atomic mass is 19.4. The molecule has 2 heterocycles. The fourth-order valence-electron chi connectivity index (χ4n) is 4.72. The van der Waals surface area contributed by atoms with Gasteiger partial charge in [-0.15, -0.1) is 0 Å². The summed E-state index contributed by atoms with van der Waals surface area (Å²) >= 11 is 0. The van der Waals surface area contributed by atoms with Crippen molar-refractivity contribution >= 4 is 23.0 Å². The van der Waals surface area contributed by atoms with Crippen LogP contribution < -0.4 is 16.0 Å². The van der Waals surface area contributed by atoms with Crippen molar-refractivity contribution in [1.82, 2.24) is 14.9 Å². The standard InChI is InChI=1S/C28H27F3N6/c29-28(30,31)22-12-7-13-23(18-22)35-26-24(32)27(34-19-33-26)37-16-14-36(15-17-37)25(20-8-3-1-4-9-20)21-10-5-2-6-11-21/h1-13,18-19,25H,14-17,32H2,(H,33,34,35). The molecule has 1 aromatic heterocycles. The number of benzene rings is 3. The molecule has 37 heavy (non-hydrogen) atoms. The summed E-state index contributed by atoms with van der Waals surface area (Å²) in [6, 6.07) is 26.0. The van der Waals surface area contributed by atoms with E-state index in [-0.39, 0.29) is 17.5 Å². The number of nitrogens with one attached hydrogen (secondary N) is 1. The van der Waals surface area contributed by atoms with Gasteiger partial charge >= 0.3 is 6.18 Å². The summed E-state index contributed by atoms with van der Waals surface area (Å²) in [5.41, 5.74) is 8.68. The van der Waals surface area contributed by atoms with E-state index in [1.54, 1.807) is 6.07 Å². The van der Waals surface area contributed by atoms with Crippen LogP contribution in [-0.4, -0.2) is 41.0 Å². The first-order valence-corrected chi connectivity index (χ1v) is 12.0. The summed E-state index contributed by atoms with van der Waals surface area (Å²) in [7, 11) is 0. The van der Waals surface area contributed by atoms with Crippen LogP contribution in [0.4, 0.5) is 36.2 Å². The molecule has 5 rings (SSSR count). The van der Waals surface area contributed by atoms with Crippen LogP contribution in [0.2, 0.25) is 0 Å². The zero-order chi connectivity index (χ0) is 25.8. The van der Waals surface area contributed by atoms with E-state index in [1.165, 1.54) is 23.5 Å². The first-order chi connectivity index (χ1) is 17.9. The van der Waals surface area contributed by atoms with Gasteiger partial charge in [0.2, 0.25) is 0 Å². The second kappa shape index (κ2) is 10.5. The smallest absolute Gasteiger partial charge is 0.393 e. The van der Waals surface area contributed by atoms with Crippen LogP contribution in [-0.2, 0) is 6.18 Å². The van der Waals surface area contributed by atoms with Crippen molar-refractivity contribution < 1.29 is 13.2 Å². The maximum Gasteiger partial charge on any atom is 0.416 e. The van der Waals surface area contributed by atoms with E-state index in [9.17, 15) is 13.2 Å². The molecule has 3 N–H and O–H groups in total. The molecule has 0 unspecified atom stereocenters. The molecular formula is C28H27F3N6. The second-order valence-electron chi connectivity index (χ2n) is 8.91. The lowest BCUT2D eigenvalue weighted by Crippen LogP contribution is -2.48. The summed E-state index contributed by atoms with van der Waals surface area (Å²) in [4.78, 5) is 13.1. The molecule has 190 valence electrons. The number of hydrogen-bond donors (Lipinski definition) is 2. The number of nitrogens with zero attached hydrogens (tertiary/aromatic N) is 4. The maximum absolute atomic E-state index is 13.1. The highest BCUT2D eigenvalue weighted by molar-refractivity contribution is 5.78. The average molecular weight is 505 g/mol. The summed E-state index contributed by atoms with van der Waals surface area (Å²) in [6.07, 6.45) is -3.05. The molecule has 1 saturated heterocycles. The third-order valence-corrected chi connectivity index (χ3v) is 6.53. The Balaban J connectivity index is 1.33. The van der Waals surface area contributed by atoms with Crippen molar-refractivity contribution in [1.29, 1.82) is 0 Å². The molecule has 0 atom stereocenters. The van der Waals surface area contributed by atoms with Crippen molar-refractivity contribution in [2.24, 2.45) is 0 Å². The number of piperazine rings is 1. The largest absolute Gasteiger partial charge is 0.416 e. The normalized spacial score (nSPS) is 14.6. The van der Waals surface area contributed by atoms with Gasteiger partial charge in [0, 0.05) is 31.9 Å². The Bertz CT molecular complexity index is 1280. The average Bonchev–Trinajstić information content (AvgIpc) is 2.92. The monoisotopic (exact) mass is 504 g/mol. The molecule has 0 bridgehead atoms. The molecule has 0 amide bonds. The van der Waals surface area contributed by atoms with Crippen LogP contribution in [0.15, 0.2) is 91.3 Å². The summed E-state index contributed by atoms with van der Waals surface area (Å²) < 4.78 is 39.3. The Kier molecular flexibility index (Phi) is 6.96. The van der Waals surface area contributed by atoms with E-state index in [0.29, 0.717) is 24.6 Å². The van der Waals surface area contributed by atoms with Gasteiger partial charge in [-0.25, -0.2) is 9.97 Å². The van der Waals surface area contributed by atoms with E-state index < -0.39 is 11.7 Å². The van der Waals surface area contributed by atoms with E-state index in [2.05, 4.69) is 73.6 Å². The van der Waals surface area contributed by atoms with Crippen molar-refractivity contribution in [3.8, 4) is 0 Å². The number of halogens is 3. The first kappa shape index (κ1) is 24.6. The predicted octanol–water partition coefficient (Wildman–Crippen LogP) is 5.73. The quantitative estimate of drug-likeness (QED) is 0.349. The number of anilines is 4. The Morgan fingerprint density at radius 3 is 2.00 bits per heavy atom. The van der Waals surface area contributed by atoms with E-state index >= 15 is 0 Å². The molecule has 0 saturated carbocycles. The number of hydrogen-bond acceptors (Lipinski definition) is 6. The van der Waals surface area contributed by atoms with Gasteiger partial charge < -0.3 is 16.0 Å². The fourth-order valence-corrected chi connectivity index (χ4v) is 4.72. The SMILES string of the molecule is Nc1c(Nc2cccc(C(F)(F)F)c2)ncnc1N1CCN(C(c2ccccc2)c2ccccc2)CC1. The van der Waals surface area contributed by atoms with Crippen LogP contribution in [0, 0.1) is 0 Å². The van der Waals surface area contributed by atoms with Gasteiger partial charge in [0.15, 0.2) is 11.6 Å². The third kappa shape index (κ3) is 5.51. The van der Waals surface area contributed by atoms with Crippen LogP contribution in [0.25, 0.3) is 0 Å². The molecule has 9 heteroatoms. The fraction of sp³-hybridized carbons (Fsp3) is 0.214. The minimum Gasteiger partial charge on any atom is -0.393 e. The minimum atomic E-state index is -4.43. The lowest BCUT2D eigenvalue weighted by molar-refractivity contribution is -0.137. The van der Waals surface area contributed by atoms with Crippen LogP contribution in [0.3, 0.4) is 0 Å². The number of alkyl halides is 3. The molecule has 3 aromatic carbocycles. The number of nitrogen functional groups attached to an aromatic ring is 1. The zero-order valence-electron chi connectivity index (χ0n) is 20.1. The van der Waals surface area contributed by atoms with E-state index in [1.807, 2.05) is 12.1 Å². The number of aromatic nitrogens is 2. The Morgan fingerprint density at radius 2 is 1.41 bits per heavy atom.